The van der Waals surface area contributed by atoms with Gasteiger partial charge in [0, 0.05) is 18.7 Å². The van der Waals surface area contributed by atoms with Gasteiger partial charge in [-0.2, -0.15) is 0 Å². The first-order valence-corrected chi connectivity index (χ1v) is 8.36. The topological polar surface area (TPSA) is 64.0 Å². The van der Waals surface area contributed by atoms with E-state index in [9.17, 15) is 9.59 Å². The smallest absolute Gasteiger partial charge is 0.262 e. The van der Waals surface area contributed by atoms with Gasteiger partial charge in [0.05, 0.1) is 21.8 Å². The Hall–Kier alpha value is -1.89. The number of carbonyl (C=O) groups is 1. The van der Waals surface area contributed by atoms with Crippen LogP contribution in [-0.4, -0.2) is 15.5 Å². The maximum absolute atomic E-state index is 12.2. The largest absolute Gasteiger partial charge is 0.326 e. The third-order valence-corrected chi connectivity index (χ3v) is 4.79. The number of aryl methyl sites for hydroxylation is 1. The number of halogens is 2. The zero-order valence-corrected chi connectivity index (χ0v) is 14.1. The molecular formula is C15H11Cl2N3O2S. The zero-order chi connectivity index (χ0) is 16.4. The number of rotatable bonds is 4. The van der Waals surface area contributed by atoms with E-state index in [1.807, 2.05) is 5.38 Å². The summed E-state index contributed by atoms with van der Waals surface area (Å²) >= 11 is 13.1. The third-order valence-electron chi connectivity index (χ3n) is 3.23. The quantitative estimate of drug-likeness (QED) is 0.762. The molecule has 3 rings (SSSR count). The van der Waals surface area contributed by atoms with Crippen LogP contribution in [0.5, 0.6) is 0 Å². The highest BCUT2D eigenvalue weighted by Gasteiger charge is 2.08. The van der Waals surface area contributed by atoms with Crippen molar-refractivity contribution in [2.45, 2.75) is 13.0 Å². The molecule has 23 heavy (non-hydrogen) atoms. The van der Waals surface area contributed by atoms with Crippen molar-refractivity contribution in [1.82, 2.24) is 9.55 Å². The summed E-state index contributed by atoms with van der Waals surface area (Å²) in [5.74, 6) is -0.222. The van der Waals surface area contributed by atoms with E-state index in [1.54, 1.807) is 24.3 Å². The Kier molecular flexibility index (Phi) is 4.66. The molecular weight excluding hydrogens is 357 g/mol. The summed E-state index contributed by atoms with van der Waals surface area (Å²) in [6.45, 7) is 0.255. The fraction of sp³-hybridized carbons (Fsp3) is 0.133. The average Bonchev–Trinajstić information content (AvgIpc) is 3.00. The van der Waals surface area contributed by atoms with Crippen LogP contribution in [0.3, 0.4) is 0 Å². The lowest BCUT2D eigenvalue weighted by Crippen LogP contribution is -2.23. The van der Waals surface area contributed by atoms with Crippen molar-refractivity contribution >= 4 is 56.3 Å². The standard InChI is InChI=1S/C15H11Cl2N3O2S/c16-11-2-1-9(7-12(11)17)19-13(21)3-5-20-8-18-14-10(15(20)22)4-6-23-14/h1-2,4,6-8H,3,5H2,(H,19,21). The van der Waals surface area contributed by atoms with Gasteiger partial charge in [-0.1, -0.05) is 23.2 Å². The van der Waals surface area contributed by atoms with Crippen LogP contribution in [0.4, 0.5) is 5.69 Å². The molecule has 2 aromatic heterocycles. The van der Waals surface area contributed by atoms with Crippen LogP contribution in [-0.2, 0) is 11.3 Å². The summed E-state index contributed by atoms with van der Waals surface area (Å²) in [6, 6.07) is 6.59. The van der Waals surface area contributed by atoms with Crippen molar-refractivity contribution in [3.05, 3.63) is 56.4 Å². The van der Waals surface area contributed by atoms with Gasteiger partial charge in [-0.25, -0.2) is 4.98 Å². The molecule has 0 radical (unpaired) electrons. The second kappa shape index (κ2) is 6.70. The lowest BCUT2D eigenvalue weighted by atomic mass is 10.3. The van der Waals surface area contributed by atoms with Gasteiger partial charge in [0.15, 0.2) is 0 Å². The molecule has 2 heterocycles. The van der Waals surface area contributed by atoms with Crippen LogP contribution >= 0.6 is 34.5 Å². The Bertz CT molecular complexity index is 936. The number of hydrogen-bond donors (Lipinski definition) is 1. The summed E-state index contributed by atoms with van der Waals surface area (Å²) in [7, 11) is 0. The van der Waals surface area contributed by atoms with E-state index in [0.717, 1.165) is 0 Å². The van der Waals surface area contributed by atoms with E-state index >= 15 is 0 Å². The predicted octanol–water partition coefficient (Wildman–Crippen LogP) is 3.79. The molecule has 0 aliphatic rings. The second-order valence-corrected chi connectivity index (χ2v) is 6.52. The first-order chi connectivity index (χ1) is 11.0. The van der Waals surface area contributed by atoms with Crippen LogP contribution < -0.4 is 10.9 Å². The van der Waals surface area contributed by atoms with Crippen LogP contribution in [0.1, 0.15) is 6.42 Å². The molecule has 0 spiro atoms. The molecule has 1 N–H and O–H groups in total. The number of nitrogens with one attached hydrogen (secondary N) is 1. The number of hydrogen-bond acceptors (Lipinski definition) is 4. The Morgan fingerprint density at radius 2 is 2.09 bits per heavy atom. The Balaban J connectivity index is 1.67. The predicted molar refractivity (Wildman–Crippen MR) is 93.6 cm³/mol. The molecule has 5 nitrogen and oxygen atoms in total. The molecule has 1 amide bonds. The second-order valence-electron chi connectivity index (χ2n) is 4.81. The Morgan fingerprint density at radius 3 is 2.87 bits per heavy atom. The number of thiophene rings is 1. The van der Waals surface area contributed by atoms with Crippen molar-refractivity contribution in [3.8, 4) is 0 Å². The van der Waals surface area contributed by atoms with Crippen molar-refractivity contribution in [3.63, 3.8) is 0 Å². The van der Waals surface area contributed by atoms with E-state index in [4.69, 9.17) is 23.2 Å². The van der Waals surface area contributed by atoms with Crippen molar-refractivity contribution in [2.24, 2.45) is 0 Å². The molecule has 0 aliphatic heterocycles. The fourth-order valence-electron chi connectivity index (χ4n) is 2.07. The Labute approximate surface area is 145 Å². The first-order valence-electron chi connectivity index (χ1n) is 6.72. The number of benzene rings is 1. The summed E-state index contributed by atoms with van der Waals surface area (Å²) in [5.41, 5.74) is 0.418. The minimum Gasteiger partial charge on any atom is -0.326 e. The summed E-state index contributed by atoms with van der Waals surface area (Å²) in [4.78, 5) is 29.1. The van der Waals surface area contributed by atoms with E-state index in [1.165, 1.54) is 22.2 Å². The average molecular weight is 368 g/mol. The molecule has 0 atom stereocenters. The van der Waals surface area contributed by atoms with E-state index in [2.05, 4.69) is 10.3 Å². The zero-order valence-electron chi connectivity index (χ0n) is 11.8. The molecule has 1 aromatic carbocycles. The van der Waals surface area contributed by atoms with Gasteiger partial charge in [0.25, 0.3) is 5.56 Å². The minimum atomic E-state index is -0.222. The maximum atomic E-state index is 12.2. The van der Waals surface area contributed by atoms with Crippen molar-refractivity contribution in [1.29, 1.82) is 0 Å². The number of nitrogens with zero attached hydrogens (tertiary/aromatic N) is 2. The molecule has 3 aromatic rings. The van der Waals surface area contributed by atoms with E-state index < -0.39 is 0 Å². The Morgan fingerprint density at radius 1 is 1.26 bits per heavy atom. The number of carbonyl (C=O) groups excluding carboxylic acids is 1. The van der Waals surface area contributed by atoms with Crippen LogP contribution in [0.25, 0.3) is 10.2 Å². The van der Waals surface area contributed by atoms with Gasteiger partial charge < -0.3 is 5.32 Å². The lowest BCUT2D eigenvalue weighted by Gasteiger charge is -2.07. The summed E-state index contributed by atoms with van der Waals surface area (Å²) in [5, 5.41) is 5.90. The normalized spacial score (nSPS) is 10.9. The molecule has 0 unspecified atom stereocenters. The van der Waals surface area contributed by atoms with Gasteiger partial charge in [-0.15, -0.1) is 11.3 Å². The monoisotopic (exact) mass is 367 g/mol. The third kappa shape index (κ3) is 3.55. The van der Waals surface area contributed by atoms with E-state index in [0.29, 0.717) is 25.9 Å². The molecule has 0 aliphatic carbocycles. The molecule has 0 saturated heterocycles. The maximum Gasteiger partial charge on any atom is 0.262 e. The fourth-order valence-corrected chi connectivity index (χ4v) is 3.09. The van der Waals surface area contributed by atoms with Crippen LogP contribution in [0, 0.1) is 0 Å². The highest BCUT2D eigenvalue weighted by atomic mass is 35.5. The first kappa shape index (κ1) is 16.0. The van der Waals surface area contributed by atoms with Gasteiger partial charge in [-0.05, 0) is 29.6 Å². The van der Waals surface area contributed by atoms with Crippen molar-refractivity contribution in [2.75, 3.05) is 5.32 Å². The van der Waals surface area contributed by atoms with Crippen LogP contribution in [0.15, 0.2) is 40.8 Å². The van der Waals surface area contributed by atoms with Gasteiger partial charge in [0.2, 0.25) is 5.91 Å². The van der Waals surface area contributed by atoms with Crippen LogP contribution in [0.2, 0.25) is 10.0 Å². The number of anilines is 1. The molecule has 118 valence electrons. The van der Waals surface area contributed by atoms with Gasteiger partial charge >= 0.3 is 0 Å². The molecule has 0 bridgehead atoms. The lowest BCUT2D eigenvalue weighted by molar-refractivity contribution is -0.116. The number of amides is 1. The molecule has 0 fully saturated rings. The highest BCUT2D eigenvalue weighted by Crippen LogP contribution is 2.25. The summed E-state index contributed by atoms with van der Waals surface area (Å²) in [6.07, 6.45) is 1.62. The number of aromatic nitrogens is 2. The van der Waals surface area contributed by atoms with E-state index in [-0.39, 0.29) is 24.4 Å². The van der Waals surface area contributed by atoms with Gasteiger partial charge in [0.1, 0.15) is 4.83 Å². The van der Waals surface area contributed by atoms with Crippen molar-refractivity contribution < 1.29 is 4.79 Å². The molecule has 8 heteroatoms. The SMILES string of the molecule is O=C(CCn1cnc2sccc2c1=O)Nc1ccc(Cl)c(Cl)c1. The highest BCUT2D eigenvalue weighted by molar-refractivity contribution is 7.16. The molecule has 0 saturated carbocycles. The minimum absolute atomic E-state index is 0.140. The summed E-state index contributed by atoms with van der Waals surface area (Å²) < 4.78 is 1.43. The number of fused-ring (bicyclic) bond motifs is 1. The van der Waals surface area contributed by atoms with Gasteiger partial charge in [-0.3, -0.25) is 14.2 Å².